The lowest BCUT2D eigenvalue weighted by Gasteiger charge is -2.37. The van der Waals surface area contributed by atoms with Crippen LogP contribution in [-0.4, -0.2) is 18.0 Å². The van der Waals surface area contributed by atoms with E-state index in [9.17, 15) is 0 Å². The number of rotatable bonds is 3. The molecule has 1 fully saturated rings. The van der Waals surface area contributed by atoms with Gasteiger partial charge < -0.3 is 5.73 Å². The van der Waals surface area contributed by atoms with Gasteiger partial charge in [-0.05, 0) is 55.8 Å². The van der Waals surface area contributed by atoms with E-state index in [0.717, 1.165) is 30.1 Å². The van der Waals surface area contributed by atoms with Crippen molar-refractivity contribution in [3.63, 3.8) is 0 Å². The Kier molecular flexibility index (Phi) is 4.28. The first-order valence-electron chi connectivity index (χ1n) is 7.09. The standard InChI is InChI=1S/C16H26N2/c1-12-8-13(2)10-16(9-12)18(3)11-14-4-6-15(17)7-5-14/h4-7,12-13,16H,8-11,17H2,1-3H3. The Morgan fingerprint density at radius 3 is 2.17 bits per heavy atom. The first-order chi connectivity index (χ1) is 8.54. The Balaban J connectivity index is 1.94. The predicted octanol–water partition coefficient (Wildman–Crippen LogP) is 3.53. The molecule has 0 aromatic heterocycles. The van der Waals surface area contributed by atoms with E-state index in [1.807, 2.05) is 12.1 Å². The quantitative estimate of drug-likeness (QED) is 0.827. The molecule has 1 saturated carbocycles. The molecule has 0 saturated heterocycles. The third-order valence-corrected chi connectivity index (χ3v) is 4.19. The molecule has 1 aromatic rings. The van der Waals surface area contributed by atoms with Gasteiger partial charge in [0.25, 0.3) is 0 Å². The van der Waals surface area contributed by atoms with Gasteiger partial charge in [-0.25, -0.2) is 0 Å². The maximum atomic E-state index is 5.72. The normalized spacial score (nSPS) is 28.6. The first-order valence-corrected chi connectivity index (χ1v) is 7.09. The Bertz CT molecular complexity index is 361. The number of anilines is 1. The van der Waals surface area contributed by atoms with Crippen LogP contribution in [-0.2, 0) is 6.54 Å². The average Bonchev–Trinajstić information content (AvgIpc) is 2.31. The molecule has 1 aliphatic rings. The number of hydrogen-bond donors (Lipinski definition) is 1. The Morgan fingerprint density at radius 1 is 1.06 bits per heavy atom. The van der Waals surface area contributed by atoms with Crippen molar-refractivity contribution in [2.24, 2.45) is 11.8 Å². The molecule has 0 bridgehead atoms. The second kappa shape index (κ2) is 5.75. The van der Waals surface area contributed by atoms with Gasteiger partial charge in [0.1, 0.15) is 0 Å². The molecule has 2 nitrogen and oxygen atoms in total. The van der Waals surface area contributed by atoms with Crippen LogP contribution in [0, 0.1) is 11.8 Å². The van der Waals surface area contributed by atoms with Crippen molar-refractivity contribution in [3.8, 4) is 0 Å². The highest BCUT2D eigenvalue weighted by Gasteiger charge is 2.26. The molecule has 2 heteroatoms. The van der Waals surface area contributed by atoms with Crippen LogP contribution in [0.4, 0.5) is 5.69 Å². The summed E-state index contributed by atoms with van der Waals surface area (Å²) in [7, 11) is 2.26. The van der Waals surface area contributed by atoms with E-state index in [1.54, 1.807) is 0 Å². The summed E-state index contributed by atoms with van der Waals surface area (Å²) in [5, 5.41) is 0. The molecule has 0 amide bonds. The molecule has 0 heterocycles. The van der Waals surface area contributed by atoms with E-state index >= 15 is 0 Å². The van der Waals surface area contributed by atoms with Crippen molar-refractivity contribution in [2.45, 2.75) is 45.7 Å². The van der Waals surface area contributed by atoms with Gasteiger partial charge in [-0.15, -0.1) is 0 Å². The van der Waals surface area contributed by atoms with Crippen LogP contribution in [0.2, 0.25) is 0 Å². The predicted molar refractivity (Wildman–Crippen MR) is 78.3 cm³/mol. The van der Waals surface area contributed by atoms with E-state index in [0.29, 0.717) is 0 Å². The lowest BCUT2D eigenvalue weighted by atomic mass is 9.80. The summed E-state index contributed by atoms with van der Waals surface area (Å²) in [5.41, 5.74) is 7.93. The molecule has 0 radical (unpaired) electrons. The van der Waals surface area contributed by atoms with Crippen molar-refractivity contribution in [1.29, 1.82) is 0 Å². The molecule has 1 aliphatic carbocycles. The van der Waals surface area contributed by atoms with E-state index in [2.05, 4.69) is 37.9 Å². The van der Waals surface area contributed by atoms with Crippen LogP contribution >= 0.6 is 0 Å². The smallest absolute Gasteiger partial charge is 0.0314 e. The molecule has 2 unspecified atom stereocenters. The van der Waals surface area contributed by atoms with Crippen LogP contribution in [0.3, 0.4) is 0 Å². The lowest BCUT2D eigenvalue weighted by Crippen LogP contribution is -2.37. The second-order valence-electron chi connectivity index (χ2n) is 6.23. The number of nitrogens with two attached hydrogens (primary N) is 1. The summed E-state index contributed by atoms with van der Waals surface area (Å²) in [6.07, 6.45) is 4.08. The Hall–Kier alpha value is -1.02. The molecular formula is C16H26N2. The molecule has 0 spiro atoms. The summed E-state index contributed by atoms with van der Waals surface area (Å²) in [4.78, 5) is 2.51. The van der Waals surface area contributed by atoms with E-state index in [-0.39, 0.29) is 0 Å². The van der Waals surface area contributed by atoms with Gasteiger partial charge in [-0.2, -0.15) is 0 Å². The minimum Gasteiger partial charge on any atom is -0.399 e. The molecule has 2 atom stereocenters. The summed E-state index contributed by atoms with van der Waals surface area (Å²) >= 11 is 0. The molecule has 0 aliphatic heterocycles. The molecule has 18 heavy (non-hydrogen) atoms. The second-order valence-corrected chi connectivity index (χ2v) is 6.23. The summed E-state index contributed by atoms with van der Waals surface area (Å²) in [6.45, 7) is 5.81. The molecule has 2 N–H and O–H groups in total. The Morgan fingerprint density at radius 2 is 1.61 bits per heavy atom. The number of nitrogen functional groups attached to an aromatic ring is 1. The molecule has 2 rings (SSSR count). The molecular weight excluding hydrogens is 220 g/mol. The van der Waals surface area contributed by atoms with E-state index in [4.69, 9.17) is 5.73 Å². The SMILES string of the molecule is CC1CC(C)CC(N(C)Cc2ccc(N)cc2)C1. The largest absolute Gasteiger partial charge is 0.399 e. The van der Waals surface area contributed by atoms with Gasteiger partial charge >= 0.3 is 0 Å². The third-order valence-electron chi connectivity index (χ3n) is 4.19. The molecule has 1 aromatic carbocycles. The fraction of sp³-hybridized carbons (Fsp3) is 0.625. The van der Waals surface area contributed by atoms with Gasteiger partial charge in [0.15, 0.2) is 0 Å². The number of nitrogens with zero attached hydrogens (tertiary/aromatic N) is 1. The van der Waals surface area contributed by atoms with Crippen molar-refractivity contribution in [3.05, 3.63) is 29.8 Å². The van der Waals surface area contributed by atoms with Crippen LogP contribution in [0.25, 0.3) is 0 Å². The van der Waals surface area contributed by atoms with E-state index in [1.165, 1.54) is 24.8 Å². The highest BCUT2D eigenvalue weighted by Crippen LogP contribution is 2.31. The zero-order chi connectivity index (χ0) is 13.1. The number of benzene rings is 1. The van der Waals surface area contributed by atoms with Crippen molar-refractivity contribution in [1.82, 2.24) is 4.90 Å². The van der Waals surface area contributed by atoms with E-state index < -0.39 is 0 Å². The van der Waals surface area contributed by atoms with Gasteiger partial charge in [0.2, 0.25) is 0 Å². The fourth-order valence-corrected chi connectivity index (χ4v) is 3.30. The highest BCUT2D eigenvalue weighted by atomic mass is 15.1. The van der Waals surface area contributed by atoms with Crippen molar-refractivity contribution >= 4 is 5.69 Å². The maximum absolute atomic E-state index is 5.72. The summed E-state index contributed by atoms with van der Waals surface area (Å²) in [5.74, 6) is 1.74. The van der Waals surface area contributed by atoms with Gasteiger partial charge in [-0.1, -0.05) is 26.0 Å². The zero-order valence-corrected chi connectivity index (χ0v) is 11.9. The topological polar surface area (TPSA) is 29.3 Å². The first kappa shape index (κ1) is 13.4. The van der Waals surface area contributed by atoms with Crippen molar-refractivity contribution < 1.29 is 0 Å². The Labute approximate surface area is 111 Å². The van der Waals surface area contributed by atoms with Crippen LogP contribution in [0.15, 0.2) is 24.3 Å². The van der Waals surface area contributed by atoms with Gasteiger partial charge in [0.05, 0.1) is 0 Å². The van der Waals surface area contributed by atoms with Crippen LogP contribution in [0.1, 0.15) is 38.7 Å². The zero-order valence-electron chi connectivity index (χ0n) is 11.9. The van der Waals surface area contributed by atoms with Crippen LogP contribution in [0.5, 0.6) is 0 Å². The maximum Gasteiger partial charge on any atom is 0.0314 e. The average molecular weight is 246 g/mol. The third kappa shape index (κ3) is 3.49. The lowest BCUT2D eigenvalue weighted by molar-refractivity contribution is 0.128. The summed E-state index contributed by atoms with van der Waals surface area (Å²) < 4.78 is 0. The summed E-state index contributed by atoms with van der Waals surface area (Å²) in [6, 6.07) is 9.01. The van der Waals surface area contributed by atoms with Gasteiger partial charge in [0, 0.05) is 18.3 Å². The van der Waals surface area contributed by atoms with Crippen molar-refractivity contribution in [2.75, 3.05) is 12.8 Å². The minimum atomic E-state index is 0.737. The fourth-order valence-electron chi connectivity index (χ4n) is 3.30. The minimum absolute atomic E-state index is 0.737. The van der Waals surface area contributed by atoms with Gasteiger partial charge in [-0.3, -0.25) is 4.90 Å². The highest BCUT2D eigenvalue weighted by molar-refractivity contribution is 5.39. The molecule has 100 valence electrons. The van der Waals surface area contributed by atoms with Crippen LogP contribution < -0.4 is 5.73 Å². The number of hydrogen-bond acceptors (Lipinski definition) is 2. The monoisotopic (exact) mass is 246 g/mol.